The summed E-state index contributed by atoms with van der Waals surface area (Å²) >= 11 is 0. The molecule has 0 spiro atoms. The van der Waals surface area contributed by atoms with Gasteiger partial charge in [-0.2, -0.15) is 4.98 Å². The van der Waals surface area contributed by atoms with Crippen molar-refractivity contribution in [1.29, 1.82) is 0 Å². The number of carbonyl (C=O) groups excluding carboxylic acids is 1. The lowest BCUT2D eigenvalue weighted by molar-refractivity contribution is 0.0972. The second kappa shape index (κ2) is 6.86. The Morgan fingerprint density at radius 1 is 1.07 bits per heavy atom. The molecule has 0 fully saturated rings. The predicted molar refractivity (Wildman–Crippen MR) is 90.6 cm³/mol. The zero-order valence-corrected chi connectivity index (χ0v) is 14.1. The van der Waals surface area contributed by atoms with Crippen LogP contribution in [0.15, 0.2) is 34.9 Å². The van der Waals surface area contributed by atoms with Gasteiger partial charge in [-0.3, -0.25) is 4.79 Å². The van der Waals surface area contributed by atoms with Gasteiger partial charge in [-0.1, -0.05) is 11.2 Å². The monoisotopic (exact) mass is 373 g/mol. The quantitative estimate of drug-likeness (QED) is 0.691. The van der Waals surface area contributed by atoms with Crippen LogP contribution in [-0.2, 0) is 13.0 Å². The summed E-state index contributed by atoms with van der Waals surface area (Å²) in [4.78, 5) is 16.0. The Kier molecular flexibility index (Phi) is 4.39. The maximum Gasteiger partial charge on any atom is 0.246 e. The number of hydrogen-bond acceptors (Lipinski definition) is 5. The Balaban J connectivity index is 1.49. The van der Waals surface area contributed by atoms with Crippen LogP contribution in [0.2, 0.25) is 0 Å². The molecule has 4 rings (SSSR count). The number of aryl methyl sites for hydroxylation is 1. The molecule has 0 amide bonds. The number of nitrogens with zero attached hydrogens (tertiary/aromatic N) is 2. The van der Waals surface area contributed by atoms with Gasteiger partial charge < -0.3 is 9.84 Å². The van der Waals surface area contributed by atoms with E-state index in [0.29, 0.717) is 6.42 Å². The number of anilines is 1. The number of halogens is 3. The Bertz CT molecular complexity index is 1010. The van der Waals surface area contributed by atoms with Crippen LogP contribution >= 0.6 is 0 Å². The van der Waals surface area contributed by atoms with Gasteiger partial charge in [0, 0.05) is 23.2 Å². The third kappa shape index (κ3) is 3.42. The van der Waals surface area contributed by atoms with Crippen molar-refractivity contribution in [3.05, 3.63) is 64.8 Å². The molecule has 2 aromatic carbocycles. The fraction of sp³-hybridized carbons (Fsp3) is 0.211. The first-order chi connectivity index (χ1) is 13.0. The molecule has 1 aliphatic carbocycles. The first kappa shape index (κ1) is 17.3. The molecule has 1 N–H and O–H groups in total. The van der Waals surface area contributed by atoms with Gasteiger partial charge in [-0.05, 0) is 42.7 Å². The van der Waals surface area contributed by atoms with Crippen LogP contribution in [0.5, 0.6) is 0 Å². The van der Waals surface area contributed by atoms with Crippen molar-refractivity contribution in [3.63, 3.8) is 0 Å². The maximum absolute atomic E-state index is 13.3. The van der Waals surface area contributed by atoms with Crippen molar-refractivity contribution in [1.82, 2.24) is 10.1 Å². The molecule has 0 aliphatic heterocycles. The minimum absolute atomic E-state index is 0.0271. The Morgan fingerprint density at radius 2 is 1.85 bits per heavy atom. The van der Waals surface area contributed by atoms with E-state index in [-0.39, 0.29) is 29.6 Å². The summed E-state index contributed by atoms with van der Waals surface area (Å²) in [5.41, 5.74) is 2.45. The molecule has 5 nitrogen and oxygen atoms in total. The summed E-state index contributed by atoms with van der Waals surface area (Å²) in [7, 11) is 0. The Labute approximate surface area is 152 Å². The fourth-order valence-electron chi connectivity index (χ4n) is 3.04. The summed E-state index contributed by atoms with van der Waals surface area (Å²) in [6, 6.07) is 7.17. The predicted octanol–water partition coefficient (Wildman–Crippen LogP) is 4.29. The standard InChI is InChI=1S/C19H14F3N3O2/c20-14-6-11(7-15(21)18(14)22)19-24-17(27-25-19)9-23-12-5-4-10-2-1-3-16(26)13(10)8-12/h4-8,23H,1-3,9H2. The molecule has 8 heteroatoms. The van der Waals surface area contributed by atoms with Crippen LogP contribution in [0, 0.1) is 17.5 Å². The number of benzene rings is 2. The van der Waals surface area contributed by atoms with Gasteiger partial charge in [0.15, 0.2) is 23.2 Å². The lowest BCUT2D eigenvalue weighted by atomic mass is 9.90. The number of nitrogens with one attached hydrogen (secondary N) is 1. The van der Waals surface area contributed by atoms with Gasteiger partial charge in [0.25, 0.3) is 0 Å². The molecular formula is C19H14F3N3O2. The summed E-state index contributed by atoms with van der Waals surface area (Å²) in [5.74, 6) is -3.95. The lowest BCUT2D eigenvalue weighted by Gasteiger charge is -2.15. The molecule has 0 radical (unpaired) electrons. The van der Waals surface area contributed by atoms with E-state index in [4.69, 9.17) is 4.52 Å². The van der Waals surface area contributed by atoms with E-state index in [2.05, 4.69) is 15.5 Å². The first-order valence-electron chi connectivity index (χ1n) is 8.39. The fourth-order valence-corrected chi connectivity index (χ4v) is 3.04. The summed E-state index contributed by atoms with van der Waals surface area (Å²) in [6.45, 7) is 0.159. The molecule has 0 saturated heterocycles. The highest BCUT2D eigenvalue weighted by Crippen LogP contribution is 2.25. The van der Waals surface area contributed by atoms with Crippen molar-refractivity contribution < 1.29 is 22.5 Å². The van der Waals surface area contributed by atoms with Crippen LogP contribution in [-0.4, -0.2) is 15.9 Å². The number of Topliss-reactive ketones (excluding diaryl/α,β-unsaturated/α-hetero) is 1. The number of aromatic nitrogens is 2. The van der Waals surface area contributed by atoms with Gasteiger partial charge >= 0.3 is 0 Å². The molecule has 0 bridgehead atoms. The van der Waals surface area contributed by atoms with Crippen LogP contribution in [0.3, 0.4) is 0 Å². The molecule has 27 heavy (non-hydrogen) atoms. The van der Waals surface area contributed by atoms with E-state index in [1.54, 1.807) is 6.07 Å². The zero-order chi connectivity index (χ0) is 19.0. The molecule has 1 aromatic heterocycles. The highest BCUT2D eigenvalue weighted by Gasteiger charge is 2.18. The smallest absolute Gasteiger partial charge is 0.246 e. The van der Waals surface area contributed by atoms with E-state index in [0.717, 1.165) is 41.8 Å². The van der Waals surface area contributed by atoms with Crippen molar-refractivity contribution in [2.75, 3.05) is 5.32 Å². The van der Waals surface area contributed by atoms with Crippen molar-refractivity contribution >= 4 is 11.5 Å². The molecular weight excluding hydrogens is 359 g/mol. The number of ketones is 1. The molecule has 1 aliphatic rings. The maximum atomic E-state index is 13.3. The Hall–Kier alpha value is -3.16. The average molecular weight is 373 g/mol. The van der Waals surface area contributed by atoms with E-state index in [1.807, 2.05) is 12.1 Å². The highest BCUT2D eigenvalue weighted by atomic mass is 19.2. The number of rotatable bonds is 4. The van der Waals surface area contributed by atoms with Crippen molar-refractivity contribution in [3.8, 4) is 11.4 Å². The lowest BCUT2D eigenvalue weighted by Crippen LogP contribution is -2.11. The second-order valence-electron chi connectivity index (χ2n) is 6.27. The minimum Gasteiger partial charge on any atom is -0.376 e. The highest BCUT2D eigenvalue weighted by molar-refractivity contribution is 5.99. The number of carbonyl (C=O) groups is 1. The Morgan fingerprint density at radius 3 is 2.63 bits per heavy atom. The van der Waals surface area contributed by atoms with Crippen LogP contribution < -0.4 is 5.32 Å². The van der Waals surface area contributed by atoms with Crippen LogP contribution in [0.4, 0.5) is 18.9 Å². The normalized spacial score (nSPS) is 13.5. The van der Waals surface area contributed by atoms with E-state index in [1.165, 1.54) is 0 Å². The first-order valence-corrected chi connectivity index (χ1v) is 8.39. The van der Waals surface area contributed by atoms with E-state index >= 15 is 0 Å². The summed E-state index contributed by atoms with van der Waals surface area (Å²) < 4.78 is 44.8. The van der Waals surface area contributed by atoms with Crippen LogP contribution in [0.25, 0.3) is 11.4 Å². The van der Waals surface area contributed by atoms with Gasteiger partial charge in [0.2, 0.25) is 11.7 Å². The van der Waals surface area contributed by atoms with Gasteiger partial charge in [-0.25, -0.2) is 13.2 Å². The largest absolute Gasteiger partial charge is 0.376 e. The third-order valence-electron chi connectivity index (χ3n) is 4.41. The SMILES string of the molecule is O=C1CCCc2ccc(NCc3nc(-c4cc(F)c(F)c(F)c4)no3)cc21. The van der Waals surface area contributed by atoms with E-state index < -0.39 is 17.5 Å². The topological polar surface area (TPSA) is 68.0 Å². The molecule has 138 valence electrons. The van der Waals surface area contributed by atoms with Crippen LogP contribution in [0.1, 0.15) is 34.7 Å². The van der Waals surface area contributed by atoms with Gasteiger partial charge in [0.1, 0.15) is 0 Å². The third-order valence-corrected chi connectivity index (χ3v) is 4.41. The summed E-state index contributed by atoms with van der Waals surface area (Å²) in [6.07, 6.45) is 2.31. The average Bonchev–Trinajstić information content (AvgIpc) is 3.13. The number of hydrogen-bond donors (Lipinski definition) is 1. The zero-order valence-electron chi connectivity index (χ0n) is 14.1. The molecule has 1 heterocycles. The molecule has 0 unspecified atom stereocenters. The van der Waals surface area contributed by atoms with Gasteiger partial charge in [0.05, 0.1) is 6.54 Å². The van der Waals surface area contributed by atoms with Crippen molar-refractivity contribution in [2.45, 2.75) is 25.8 Å². The summed E-state index contributed by atoms with van der Waals surface area (Å²) in [5, 5.41) is 6.73. The molecule has 3 aromatic rings. The van der Waals surface area contributed by atoms with E-state index in [9.17, 15) is 18.0 Å². The minimum atomic E-state index is -1.55. The molecule has 0 atom stereocenters. The van der Waals surface area contributed by atoms with Gasteiger partial charge in [-0.15, -0.1) is 0 Å². The second-order valence-corrected chi connectivity index (χ2v) is 6.27. The molecule has 0 saturated carbocycles. The van der Waals surface area contributed by atoms with Crippen molar-refractivity contribution in [2.24, 2.45) is 0 Å². The number of fused-ring (bicyclic) bond motifs is 1.